The van der Waals surface area contributed by atoms with Gasteiger partial charge >= 0.3 is 6.03 Å². The van der Waals surface area contributed by atoms with Crippen LogP contribution in [0.1, 0.15) is 22.7 Å². The number of rotatable bonds is 10. The maximum absolute atomic E-state index is 12.6. The first-order valence-corrected chi connectivity index (χ1v) is 12.2. The second-order valence-electron chi connectivity index (χ2n) is 9.12. The number of anilines is 1. The molecule has 0 radical (unpaired) electrons. The number of furan rings is 1. The van der Waals surface area contributed by atoms with Gasteiger partial charge in [0.1, 0.15) is 29.7 Å². The monoisotopic (exact) mass is 519 g/mol. The zero-order valence-corrected chi connectivity index (χ0v) is 22.5. The molecule has 0 fully saturated rings. The molecule has 1 aromatic carbocycles. The van der Waals surface area contributed by atoms with Crippen molar-refractivity contribution in [1.29, 1.82) is 0 Å². The predicted molar refractivity (Wildman–Crippen MR) is 144 cm³/mol. The number of amides is 2. The number of urea groups is 1. The number of nitrogens with zero attached hydrogens (tertiary/aromatic N) is 5. The summed E-state index contributed by atoms with van der Waals surface area (Å²) in [5, 5.41) is 10.1. The highest BCUT2D eigenvalue weighted by atomic mass is 16.5. The van der Waals surface area contributed by atoms with Crippen LogP contribution in [0.5, 0.6) is 11.5 Å². The van der Waals surface area contributed by atoms with E-state index >= 15 is 0 Å². The van der Waals surface area contributed by atoms with Gasteiger partial charge in [-0.05, 0) is 59.1 Å². The van der Waals surface area contributed by atoms with Crippen LogP contribution < -0.4 is 20.1 Å². The molecule has 4 rings (SSSR count). The number of ether oxygens (including phenoxy) is 2. The van der Waals surface area contributed by atoms with Gasteiger partial charge in [-0.15, -0.1) is 0 Å². The summed E-state index contributed by atoms with van der Waals surface area (Å²) < 4.78 is 18.7. The molecule has 0 aliphatic heterocycles. The van der Waals surface area contributed by atoms with Crippen molar-refractivity contribution < 1.29 is 18.7 Å². The second kappa shape index (κ2) is 11.8. The lowest BCUT2D eigenvalue weighted by molar-refractivity contribution is 0.247. The van der Waals surface area contributed by atoms with E-state index in [1.807, 2.05) is 65.2 Å². The van der Waals surface area contributed by atoms with Crippen LogP contribution >= 0.6 is 0 Å². The van der Waals surface area contributed by atoms with Crippen LogP contribution in [0.3, 0.4) is 0 Å². The number of hydrogen-bond acceptors (Lipinski definition) is 8. The first kappa shape index (κ1) is 26.7. The summed E-state index contributed by atoms with van der Waals surface area (Å²) in [5.74, 6) is 3.81. The van der Waals surface area contributed by atoms with E-state index < -0.39 is 6.03 Å². The highest BCUT2D eigenvalue weighted by Gasteiger charge is 2.15. The minimum absolute atomic E-state index is 0.279. The molecule has 3 aromatic heterocycles. The molecule has 0 saturated heterocycles. The molecule has 0 bridgehead atoms. The van der Waals surface area contributed by atoms with Crippen molar-refractivity contribution in [2.45, 2.75) is 27.3 Å². The van der Waals surface area contributed by atoms with E-state index in [9.17, 15) is 4.79 Å². The Hall–Kier alpha value is -4.38. The number of benzene rings is 1. The molecule has 11 heteroatoms. The van der Waals surface area contributed by atoms with Gasteiger partial charge in [0, 0.05) is 29.9 Å². The van der Waals surface area contributed by atoms with E-state index in [1.54, 1.807) is 23.9 Å². The Morgan fingerprint density at radius 2 is 1.89 bits per heavy atom. The largest absolute Gasteiger partial charge is 0.496 e. The topological polar surface area (TPSA) is 120 Å². The summed E-state index contributed by atoms with van der Waals surface area (Å²) in [7, 11) is 5.64. The number of carbonyl (C=O) groups is 1. The Morgan fingerprint density at radius 3 is 2.55 bits per heavy atom. The Bertz CT molecular complexity index is 1410. The number of methoxy groups -OCH3 is 1. The van der Waals surface area contributed by atoms with E-state index in [0.29, 0.717) is 29.0 Å². The maximum Gasteiger partial charge on any atom is 0.320 e. The standard InChI is InChI=1S/C27H33N7O4/c1-17-13-18(2)34(32-17)25-15-24(29-26(31-25)22-10-7-19(3)38-22)30-27(35)28-11-12-37-21-9-8-20(16-33(4)5)23(14-21)36-6/h7-10,13-15H,11-12,16H2,1-6H3,(H2,28,29,30,31,35). The fourth-order valence-electron chi connectivity index (χ4n) is 3.91. The summed E-state index contributed by atoms with van der Waals surface area (Å²) >= 11 is 0. The van der Waals surface area contributed by atoms with Crippen molar-refractivity contribution in [2.24, 2.45) is 0 Å². The van der Waals surface area contributed by atoms with E-state index in [4.69, 9.17) is 13.9 Å². The van der Waals surface area contributed by atoms with Crippen LogP contribution in [0.25, 0.3) is 17.4 Å². The molecule has 0 atom stereocenters. The molecule has 3 heterocycles. The lowest BCUT2D eigenvalue weighted by atomic mass is 10.2. The Labute approximate surface area is 221 Å². The number of aromatic nitrogens is 4. The average molecular weight is 520 g/mol. The van der Waals surface area contributed by atoms with Crippen molar-refractivity contribution in [1.82, 2.24) is 30.0 Å². The van der Waals surface area contributed by atoms with Crippen LogP contribution in [0, 0.1) is 20.8 Å². The van der Waals surface area contributed by atoms with E-state index in [2.05, 4.69) is 30.6 Å². The second-order valence-corrected chi connectivity index (χ2v) is 9.12. The van der Waals surface area contributed by atoms with E-state index in [-0.39, 0.29) is 13.2 Å². The highest BCUT2D eigenvalue weighted by Crippen LogP contribution is 2.26. The minimum Gasteiger partial charge on any atom is -0.496 e. The first-order chi connectivity index (χ1) is 18.2. The molecule has 200 valence electrons. The predicted octanol–water partition coefficient (Wildman–Crippen LogP) is 4.12. The van der Waals surface area contributed by atoms with E-state index in [0.717, 1.165) is 35.0 Å². The SMILES string of the molecule is COc1cc(OCCNC(=O)Nc2cc(-n3nc(C)cc3C)nc(-c3ccc(C)o3)n2)ccc1CN(C)C. The normalized spacial score (nSPS) is 11.0. The average Bonchev–Trinajstić information content (AvgIpc) is 3.46. The Balaban J connectivity index is 1.40. The molecule has 2 amide bonds. The summed E-state index contributed by atoms with van der Waals surface area (Å²) in [6.45, 7) is 7.01. The number of carbonyl (C=O) groups excluding carboxylic acids is 1. The lowest BCUT2D eigenvalue weighted by Gasteiger charge is -2.15. The minimum atomic E-state index is -0.424. The number of hydrogen-bond donors (Lipinski definition) is 2. The molecule has 4 aromatic rings. The molecule has 0 aliphatic rings. The fourth-order valence-corrected chi connectivity index (χ4v) is 3.91. The number of nitrogens with one attached hydrogen (secondary N) is 2. The van der Waals surface area contributed by atoms with Crippen molar-refractivity contribution in [2.75, 3.05) is 39.7 Å². The van der Waals surface area contributed by atoms with Gasteiger partial charge in [-0.3, -0.25) is 5.32 Å². The van der Waals surface area contributed by atoms with Crippen LogP contribution in [0.15, 0.2) is 46.9 Å². The smallest absolute Gasteiger partial charge is 0.320 e. The van der Waals surface area contributed by atoms with Crippen molar-refractivity contribution in [3.05, 3.63) is 65.2 Å². The molecule has 11 nitrogen and oxygen atoms in total. The van der Waals surface area contributed by atoms with Crippen LogP contribution in [-0.4, -0.2) is 65.0 Å². The molecule has 0 saturated carbocycles. The summed E-state index contributed by atoms with van der Waals surface area (Å²) in [6.07, 6.45) is 0. The summed E-state index contributed by atoms with van der Waals surface area (Å²) in [6, 6.07) is 12.5. The summed E-state index contributed by atoms with van der Waals surface area (Å²) in [5.41, 5.74) is 2.83. The van der Waals surface area contributed by atoms with Crippen molar-refractivity contribution in [3.63, 3.8) is 0 Å². The van der Waals surface area contributed by atoms with Crippen LogP contribution in [0.4, 0.5) is 10.6 Å². The van der Waals surface area contributed by atoms with Gasteiger partial charge in [-0.1, -0.05) is 6.07 Å². The lowest BCUT2D eigenvalue weighted by Crippen LogP contribution is -2.32. The molecule has 0 aliphatic carbocycles. The molecule has 0 unspecified atom stereocenters. The van der Waals surface area contributed by atoms with Crippen molar-refractivity contribution >= 4 is 11.8 Å². The molecular weight excluding hydrogens is 486 g/mol. The Kier molecular flexibility index (Phi) is 8.27. The van der Waals surface area contributed by atoms with Gasteiger partial charge in [0.05, 0.1) is 19.3 Å². The molecule has 38 heavy (non-hydrogen) atoms. The first-order valence-electron chi connectivity index (χ1n) is 12.2. The molecular formula is C27H33N7O4. The van der Waals surface area contributed by atoms with Gasteiger partial charge in [0.15, 0.2) is 17.4 Å². The fraction of sp³-hybridized carbons (Fsp3) is 0.333. The third-order valence-electron chi connectivity index (χ3n) is 5.54. The van der Waals surface area contributed by atoms with Crippen LogP contribution in [-0.2, 0) is 6.54 Å². The highest BCUT2D eigenvalue weighted by molar-refractivity contribution is 5.88. The zero-order valence-electron chi connectivity index (χ0n) is 22.5. The van der Waals surface area contributed by atoms with E-state index in [1.165, 1.54) is 0 Å². The summed E-state index contributed by atoms with van der Waals surface area (Å²) in [4.78, 5) is 23.8. The quantitative estimate of drug-likeness (QED) is 0.300. The van der Waals surface area contributed by atoms with Gasteiger partial charge in [-0.25, -0.2) is 19.4 Å². The molecule has 2 N–H and O–H groups in total. The zero-order chi connectivity index (χ0) is 27.2. The van der Waals surface area contributed by atoms with Gasteiger partial charge < -0.3 is 24.1 Å². The van der Waals surface area contributed by atoms with Crippen LogP contribution in [0.2, 0.25) is 0 Å². The third-order valence-corrected chi connectivity index (χ3v) is 5.54. The van der Waals surface area contributed by atoms with Gasteiger partial charge in [0.2, 0.25) is 0 Å². The van der Waals surface area contributed by atoms with Gasteiger partial charge in [-0.2, -0.15) is 5.10 Å². The van der Waals surface area contributed by atoms with Crippen molar-refractivity contribution in [3.8, 4) is 28.9 Å². The molecule has 0 spiro atoms. The third kappa shape index (κ3) is 6.68. The number of aryl methyl sites for hydroxylation is 3. The van der Waals surface area contributed by atoms with Gasteiger partial charge in [0.25, 0.3) is 0 Å². The maximum atomic E-state index is 12.6. The Morgan fingerprint density at radius 1 is 1.08 bits per heavy atom.